The predicted molar refractivity (Wildman–Crippen MR) is 78.4 cm³/mol. The Kier molecular flexibility index (Phi) is 5.30. The van der Waals surface area contributed by atoms with E-state index in [1.165, 1.54) is 0 Å². The average Bonchev–Trinajstić information content (AvgIpc) is 2.77. The topological polar surface area (TPSA) is 87.7 Å². The molecule has 0 saturated carbocycles. The zero-order chi connectivity index (χ0) is 15.2. The first-order valence-electron chi connectivity index (χ1n) is 6.94. The van der Waals surface area contributed by atoms with E-state index in [-0.39, 0.29) is 18.4 Å². The van der Waals surface area contributed by atoms with Gasteiger partial charge in [-0.15, -0.1) is 0 Å². The molecular formula is C15H20N2O4. The van der Waals surface area contributed by atoms with E-state index in [1.807, 2.05) is 18.2 Å². The highest BCUT2D eigenvalue weighted by molar-refractivity contribution is 5.99. The number of carboxylic acids is 1. The van der Waals surface area contributed by atoms with E-state index >= 15 is 0 Å². The Bertz CT molecular complexity index is 530. The highest BCUT2D eigenvalue weighted by Gasteiger charge is 2.19. The van der Waals surface area contributed by atoms with E-state index in [0.29, 0.717) is 26.0 Å². The van der Waals surface area contributed by atoms with Crippen LogP contribution in [-0.4, -0.2) is 43.3 Å². The van der Waals surface area contributed by atoms with Crippen molar-refractivity contribution in [3.63, 3.8) is 0 Å². The monoisotopic (exact) mass is 292 g/mol. The molecule has 21 heavy (non-hydrogen) atoms. The lowest BCUT2D eigenvalue weighted by Gasteiger charge is -2.17. The lowest BCUT2D eigenvalue weighted by atomic mass is 10.00. The summed E-state index contributed by atoms with van der Waals surface area (Å²) in [5.74, 6) is -0.828. The molecule has 0 fully saturated rings. The zero-order valence-corrected chi connectivity index (χ0v) is 12.0. The van der Waals surface area contributed by atoms with Crippen molar-refractivity contribution in [3.8, 4) is 0 Å². The third-order valence-electron chi connectivity index (χ3n) is 3.44. The number of ether oxygens (including phenoxy) is 1. The molecule has 1 amide bonds. The van der Waals surface area contributed by atoms with E-state index < -0.39 is 5.97 Å². The van der Waals surface area contributed by atoms with Crippen LogP contribution in [0.15, 0.2) is 18.2 Å². The number of rotatable bonds is 8. The molecule has 0 spiro atoms. The van der Waals surface area contributed by atoms with Crippen LogP contribution in [0, 0.1) is 0 Å². The molecule has 3 N–H and O–H groups in total. The summed E-state index contributed by atoms with van der Waals surface area (Å²) in [6.45, 7) is 1.15. The minimum Gasteiger partial charge on any atom is -0.481 e. The van der Waals surface area contributed by atoms with E-state index in [9.17, 15) is 9.59 Å². The number of fused-ring (bicyclic) bond motifs is 1. The van der Waals surface area contributed by atoms with Gasteiger partial charge in [-0.2, -0.15) is 0 Å². The molecular weight excluding hydrogens is 272 g/mol. The van der Waals surface area contributed by atoms with Gasteiger partial charge in [-0.25, -0.2) is 0 Å². The molecule has 1 atom stereocenters. The van der Waals surface area contributed by atoms with Crippen LogP contribution in [0.3, 0.4) is 0 Å². The second kappa shape index (κ2) is 7.19. The molecule has 1 aliphatic rings. The van der Waals surface area contributed by atoms with Crippen molar-refractivity contribution in [2.75, 3.05) is 25.6 Å². The van der Waals surface area contributed by atoms with Crippen LogP contribution in [0.25, 0.3) is 0 Å². The number of carbonyl (C=O) groups excluding carboxylic acids is 1. The van der Waals surface area contributed by atoms with Crippen molar-refractivity contribution in [2.24, 2.45) is 0 Å². The van der Waals surface area contributed by atoms with E-state index in [1.54, 1.807) is 7.11 Å². The summed E-state index contributed by atoms with van der Waals surface area (Å²) >= 11 is 0. The number of carbonyl (C=O) groups is 2. The average molecular weight is 292 g/mol. The van der Waals surface area contributed by atoms with Crippen molar-refractivity contribution < 1.29 is 19.4 Å². The van der Waals surface area contributed by atoms with Crippen LogP contribution in [0.1, 0.15) is 17.5 Å². The Hall–Kier alpha value is -1.92. The SMILES string of the molecule is COCCNC(CC(=O)O)Cc1ccc2c(c1)CC(=O)N2. The molecule has 6 nitrogen and oxygen atoms in total. The number of carboxylic acid groups (broad SMARTS) is 1. The van der Waals surface area contributed by atoms with Gasteiger partial charge in [0.25, 0.3) is 0 Å². The maximum atomic E-state index is 11.3. The minimum absolute atomic E-state index is 0.00227. The van der Waals surface area contributed by atoms with Gasteiger partial charge >= 0.3 is 5.97 Å². The first-order chi connectivity index (χ1) is 10.1. The largest absolute Gasteiger partial charge is 0.481 e. The highest BCUT2D eigenvalue weighted by atomic mass is 16.5. The van der Waals surface area contributed by atoms with Crippen LogP contribution in [0.4, 0.5) is 5.69 Å². The number of anilines is 1. The lowest BCUT2D eigenvalue weighted by Crippen LogP contribution is -2.35. The molecule has 0 radical (unpaired) electrons. The number of benzene rings is 1. The fourth-order valence-electron chi connectivity index (χ4n) is 2.49. The second-order valence-electron chi connectivity index (χ2n) is 5.16. The summed E-state index contributed by atoms with van der Waals surface area (Å²) in [5.41, 5.74) is 2.86. The van der Waals surface area contributed by atoms with Crippen LogP contribution >= 0.6 is 0 Å². The zero-order valence-electron chi connectivity index (χ0n) is 12.0. The number of hydrogen-bond acceptors (Lipinski definition) is 4. The Labute approximate surface area is 123 Å². The van der Waals surface area contributed by atoms with Crippen LogP contribution in [-0.2, 0) is 27.2 Å². The highest BCUT2D eigenvalue weighted by Crippen LogP contribution is 2.24. The molecule has 0 aliphatic carbocycles. The van der Waals surface area contributed by atoms with Crippen molar-refractivity contribution in [1.29, 1.82) is 0 Å². The molecule has 0 bridgehead atoms. The molecule has 6 heteroatoms. The summed E-state index contributed by atoms with van der Waals surface area (Å²) in [6, 6.07) is 5.63. The molecule has 0 saturated heterocycles. The summed E-state index contributed by atoms with van der Waals surface area (Å²) in [7, 11) is 1.61. The Morgan fingerprint density at radius 2 is 2.33 bits per heavy atom. The van der Waals surface area contributed by atoms with Crippen molar-refractivity contribution in [1.82, 2.24) is 5.32 Å². The van der Waals surface area contributed by atoms with Gasteiger partial charge in [0.1, 0.15) is 0 Å². The van der Waals surface area contributed by atoms with Crippen molar-refractivity contribution >= 4 is 17.6 Å². The number of hydrogen-bond donors (Lipinski definition) is 3. The Balaban J connectivity index is 2.00. The van der Waals surface area contributed by atoms with Crippen LogP contribution in [0.5, 0.6) is 0 Å². The molecule has 0 aromatic heterocycles. The van der Waals surface area contributed by atoms with Gasteiger partial charge < -0.3 is 20.5 Å². The number of nitrogens with one attached hydrogen (secondary N) is 2. The summed E-state index contributed by atoms with van der Waals surface area (Å²) in [6.07, 6.45) is 1.05. The quantitative estimate of drug-likeness (QED) is 0.617. The summed E-state index contributed by atoms with van der Waals surface area (Å²) < 4.78 is 4.96. The lowest BCUT2D eigenvalue weighted by molar-refractivity contribution is -0.137. The molecule has 1 aliphatic heterocycles. The van der Waals surface area contributed by atoms with Gasteiger partial charge in [0.2, 0.25) is 5.91 Å². The van der Waals surface area contributed by atoms with Crippen molar-refractivity contribution in [2.45, 2.75) is 25.3 Å². The molecule has 1 aromatic carbocycles. The minimum atomic E-state index is -0.831. The van der Waals surface area contributed by atoms with Crippen molar-refractivity contribution in [3.05, 3.63) is 29.3 Å². The van der Waals surface area contributed by atoms with Crippen LogP contribution < -0.4 is 10.6 Å². The predicted octanol–water partition coefficient (Wildman–Crippen LogP) is 0.803. The summed E-state index contributed by atoms with van der Waals surface area (Å²) in [4.78, 5) is 22.3. The van der Waals surface area contributed by atoms with Gasteiger partial charge in [0.05, 0.1) is 19.4 Å². The van der Waals surface area contributed by atoms with Gasteiger partial charge in [-0.3, -0.25) is 9.59 Å². The Morgan fingerprint density at radius 3 is 3.05 bits per heavy atom. The summed E-state index contributed by atoms with van der Waals surface area (Å²) in [5, 5.41) is 15.0. The number of methoxy groups -OCH3 is 1. The molecule has 1 unspecified atom stereocenters. The number of amides is 1. The fraction of sp³-hybridized carbons (Fsp3) is 0.467. The smallest absolute Gasteiger partial charge is 0.304 e. The molecule has 114 valence electrons. The first kappa shape index (κ1) is 15.5. The molecule has 2 rings (SSSR count). The van der Waals surface area contributed by atoms with Gasteiger partial charge in [-0.05, 0) is 23.6 Å². The van der Waals surface area contributed by atoms with Gasteiger partial charge in [-0.1, -0.05) is 12.1 Å². The Morgan fingerprint density at radius 1 is 1.52 bits per heavy atom. The van der Waals surface area contributed by atoms with Gasteiger partial charge in [0.15, 0.2) is 0 Å². The first-order valence-corrected chi connectivity index (χ1v) is 6.94. The third-order valence-corrected chi connectivity index (χ3v) is 3.44. The molecule has 1 heterocycles. The van der Waals surface area contributed by atoms with Gasteiger partial charge in [0, 0.05) is 25.4 Å². The van der Waals surface area contributed by atoms with E-state index in [0.717, 1.165) is 16.8 Å². The maximum absolute atomic E-state index is 11.3. The standard InChI is InChI=1S/C15H20N2O4/c1-21-5-4-16-12(9-15(19)20)7-10-2-3-13-11(6-10)8-14(18)17-13/h2-3,6,12,16H,4-5,7-9H2,1H3,(H,17,18)(H,19,20). The fourth-order valence-corrected chi connectivity index (χ4v) is 2.49. The molecule has 1 aromatic rings. The van der Waals surface area contributed by atoms with E-state index in [2.05, 4.69) is 10.6 Å². The maximum Gasteiger partial charge on any atom is 0.304 e. The van der Waals surface area contributed by atoms with Crippen LogP contribution in [0.2, 0.25) is 0 Å². The third kappa shape index (κ3) is 4.54. The van der Waals surface area contributed by atoms with E-state index in [4.69, 9.17) is 9.84 Å². The normalized spacial score (nSPS) is 14.6. The number of aliphatic carboxylic acids is 1. The second-order valence-corrected chi connectivity index (χ2v) is 5.16.